The van der Waals surface area contributed by atoms with Gasteiger partial charge in [-0.2, -0.15) is 4.98 Å². The minimum Gasteiger partial charge on any atom is -0.497 e. The van der Waals surface area contributed by atoms with Gasteiger partial charge in [0, 0.05) is 25.6 Å². The monoisotopic (exact) mass is 425 g/mol. The Kier molecular flexibility index (Phi) is 6.16. The molecule has 7 nitrogen and oxygen atoms in total. The van der Waals surface area contributed by atoms with Crippen LogP contribution in [0.25, 0.3) is 11.4 Å². The molecule has 1 saturated heterocycles. The number of ether oxygens (including phenoxy) is 2. The molecule has 31 heavy (non-hydrogen) atoms. The molecule has 0 radical (unpaired) electrons. The lowest BCUT2D eigenvalue weighted by atomic mass is 9.94. The smallest absolute Gasteiger partial charge is 0.257 e. The van der Waals surface area contributed by atoms with E-state index in [-0.39, 0.29) is 17.6 Å². The molecule has 1 aliphatic heterocycles. The standard InChI is InChI=1S/C23H24FN3O4/c1-29-16-9-10-18(20(13-16)30-2)23(28)27-11-5-6-15(14-27)12-21-25-22(26-31-21)17-7-3-4-8-19(17)24/h3-4,7-10,13,15H,5-6,11-12,14H2,1-2H3. The van der Waals surface area contributed by atoms with Crippen LogP contribution in [-0.4, -0.2) is 48.3 Å². The van der Waals surface area contributed by atoms with Gasteiger partial charge in [0.1, 0.15) is 17.3 Å². The van der Waals surface area contributed by atoms with Crippen LogP contribution in [-0.2, 0) is 6.42 Å². The Labute approximate surface area is 179 Å². The van der Waals surface area contributed by atoms with Crippen LogP contribution in [0, 0.1) is 11.7 Å². The number of piperidine rings is 1. The number of amides is 1. The Balaban J connectivity index is 1.45. The first-order valence-electron chi connectivity index (χ1n) is 10.2. The minimum atomic E-state index is -0.391. The van der Waals surface area contributed by atoms with Crippen molar-refractivity contribution in [2.75, 3.05) is 27.3 Å². The van der Waals surface area contributed by atoms with E-state index in [9.17, 15) is 9.18 Å². The summed E-state index contributed by atoms with van der Waals surface area (Å²) in [6.07, 6.45) is 2.36. The number of likely N-dealkylation sites (tertiary alicyclic amines) is 1. The highest BCUT2D eigenvalue weighted by Gasteiger charge is 2.28. The van der Waals surface area contributed by atoms with E-state index in [0.717, 1.165) is 12.8 Å². The number of hydrogen-bond donors (Lipinski definition) is 0. The molecule has 2 heterocycles. The predicted molar refractivity (Wildman–Crippen MR) is 112 cm³/mol. The number of methoxy groups -OCH3 is 2. The molecule has 1 unspecified atom stereocenters. The van der Waals surface area contributed by atoms with Crippen molar-refractivity contribution < 1.29 is 23.2 Å². The summed E-state index contributed by atoms with van der Waals surface area (Å²) in [7, 11) is 3.11. The van der Waals surface area contributed by atoms with Gasteiger partial charge in [-0.3, -0.25) is 4.79 Å². The van der Waals surface area contributed by atoms with E-state index in [2.05, 4.69) is 10.1 Å². The first-order chi connectivity index (χ1) is 15.1. The van der Waals surface area contributed by atoms with Crippen molar-refractivity contribution in [1.29, 1.82) is 0 Å². The molecule has 1 fully saturated rings. The summed E-state index contributed by atoms with van der Waals surface area (Å²) in [4.78, 5) is 19.3. The molecule has 0 aliphatic carbocycles. The summed E-state index contributed by atoms with van der Waals surface area (Å²) in [5, 5.41) is 3.92. The molecule has 0 N–H and O–H groups in total. The second-order valence-corrected chi connectivity index (χ2v) is 7.52. The van der Waals surface area contributed by atoms with Gasteiger partial charge in [-0.1, -0.05) is 17.3 Å². The Morgan fingerprint density at radius 3 is 2.84 bits per heavy atom. The fraction of sp³-hybridized carbons (Fsp3) is 0.348. The number of halogens is 1. The predicted octanol–water partition coefficient (Wildman–Crippen LogP) is 3.99. The summed E-state index contributed by atoms with van der Waals surface area (Å²) >= 11 is 0. The van der Waals surface area contributed by atoms with Crippen LogP contribution in [0.2, 0.25) is 0 Å². The van der Waals surface area contributed by atoms with Gasteiger partial charge >= 0.3 is 0 Å². The van der Waals surface area contributed by atoms with E-state index in [1.165, 1.54) is 13.2 Å². The van der Waals surface area contributed by atoms with Crippen LogP contribution in [0.1, 0.15) is 29.1 Å². The van der Waals surface area contributed by atoms with Gasteiger partial charge in [0.25, 0.3) is 5.91 Å². The summed E-state index contributed by atoms with van der Waals surface area (Å²) in [6, 6.07) is 11.5. The van der Waals surface area contributed by atoms with Crippen LogP contribution in [0.15, 0.2) is 47.0 Å². The number of benzene rings is 2. The van der Waals surface area contributed by atoms with Crippen LogP contribution < -0.4 is 9.47 Å². The SMILES string of the molecule is COc1ccc(C(=O)N2CCCC(Cc3nc(-c4ccccc4F)no3)C2)c(OC)c1. The van der Waals surface area contributed by atoms with Crippen molar-refractivity contribution in [3.05, 3.63) is 59.7 Å². The molecule has 1 amide bonds. The second kappa shape index (κ2) is 9.16. The lowest BCUT2D eigenvalue weighted by molar-refractivity contribution is 0.0664. The molecule has 1 aliphatic rings. The number of nitrogens with zero attached hydrogens (tertiary/aromatic N) is 3. The van der Waals surface area contributed by atoms with Crippen molar-refractivity contribution in [3.63, 3.8) is 0 Å². The summed E-state index contributed by atoms with van der Waals surface area (Å²) in [5.41, 5.74) is 0.813. The van der Waals surface area contributed by atoms with Crippen molar-refractivity contribution in [2.45, 2.75) is 19.3 Å². The molecule has 0 saturated carbocycles. The second-order valence-electron chi connectivity index (χ2n) is 7.52. The zero-order valence-corrected chi connectivity index (χ0v) is 17.5. The van der Waals surface area contributed by atoms with Gasteiger partial charge in [0.15, 0.2) is 0 Å². The number of rotatable bonds is 6. The normalized spacial score (nSPS) is 16.2. The number of carbonyl (C=O) groups is 1. The Hall–Kier alpha value is -3.42. The van der Waals surface area contributed by atoms with Gasteiger partial charge in [0.05, 0.1) is 25.3 Å². The maximum absolute atomic E-state index is 14.0. The van der Waals surface area contributed by atoms with E-state index in [1.807, 2.05) is 4.90 Å². The molecule has 162 valence electrons. The number of carbonyl (C=O) groups excluding carboxylic acids is 1. The molecule has 8 heteroatoms. The summed E-state index contributed by atoms with van der Waals surface area (Å²) < 4.78 is 29.9. The van der Waals surface area contributed by atoms with Gasteiger partial charge in [0.2, 0.25) is 11.7 Å². The van der Waals surface area contributed by atoms with E-state index in [0.29, 0.717) is 48.0 Å². The third-order valence-electron chi connectivity index (χ3n) is 5.49. The first kappa shape index (κ1) is 20.8. The molecule has 2 aromatic carbocycles. The van der Waals surface area contributed by atoms with Crippen molar-refractivity contribution in [2.24, 2.45) is 5.92 Å². The van der Waals surface area contributed by atoms with Gasteiger partial charge in [-0.05, 0) is 43.0 Å². The molecular formula is C23H24FN3O4. The third-order valence-corrected chi connectivity index (χ3v) is 5.49. The molecule has 1 atom stereocenters. The quantitative estimate of drug-likeness (QED) is 0.594. The Morgan fingerprint density at radius 1 is 1.23 bits per heavy atom. The highest BCUT2D eigenvalue weighted by molar-refractivity contribution is 5.97. The Morgan fingerprint density at radius 2 is 2.06 bits per heavy atom. The van der Waals surface area contributed by atoms with E-state index in [1.54, 1.807) is 43.5 Å². The van der Waals surface area contributed by atoms with Gasteiger partial charge < -0.3 is 18.9 Å². The van der Waals surface area contributed by atoms with Gasteiger partial charge in [-0.15, -0.1) is 0 Å². The maximum atomic E-state index is 14.0. The zero-order chi connectivity index (χ0) is 21.8. The summed E-state index contributed by atoms with van der Waals surface area (Å²) in [6.45, 7) is 1.25. The highest BCUT2D eigenvalue weighted by Crippen LogP contribution is 2.28. The van der Waals surface area contributed by atoms with E-state index < -0.39 is 5.82 Å². The third kappa shape index (κ3) is 4.52. The largest absolute Gasteiger partial charge is 0.497 e. The fourth-order valence-corrected chi connectivity index (χ4v) is 3.90. The molecular weight excluding hydrogens is 401 g/mol. The number of hydrogen-bond acceptors (Lipinski definition) is 6. The summed E-state index contributed by atoms with van der Waals surface area (Å²) in [5.74, 6) is 1.50. The molecule has 4 rings (SSSR count). The first-order valence-corrected chi connectivity index (χ1v) is 10.2. The van der Waals surface area contributed by atoms with Crippen molar-refractivity contribution in [3.8, 4) is 22.9 Å². The molecule has 3 aromatic rings. The van der Waals surface area contributed by atoms with Crippen LogP contribution >= 0.6 is 0 Å². The Bertz CT molecular complexity index is 1070. The molecule has 0 bridgehead atoms. The maximum Gasteiger partial charge on any atom is 0.257 e. The average Bonchev–Trinajstić information content (AvgIpc) is 3.26. The average molecular weight is 425 g/mol. The number of aromatic nitrogens is 2. The van der Waals surface area contributed by atoms with Crippen LogP contribution in [0.3, 0.4) is 0 Å². The van der Waals surface area contributed by atoms with E-state index in [4.69, 9.17) is 14.0 Å². The zero-order valence-electron chi connectivity index (χ0n) is 17.5. The topological polar surface area (TPSA) is 77.7 Å². The highest BCUT2D eigenvalue weighted by atomic mass is 19.1. The lowest BCUT2D eigenvalue weighted by Crippen LogP contribution is -2.40. The van der Waals surface area contributed by atoms with Crippen LogP contribution in [0.4, 0.5) is 4.39 Å². The van der Waals surface area contributed by atoms with Gasteiger partial charge in [-0.25, -0.2) is 4.39 Å². The molecule has 0 spiro atoms. The minimum absolute atomic E-state index is 0.0817. The van der Waals surface area contributed by atoms with Crippen LogP contribution in [0.5, 0.6) is 11.5 Å². The van der Waals surface area contributed by atoms with Crippen molar-refractivity contribution in [1.82, 2.24) is 15.0 Å². The molecule has 1 aromatic heterocycles. The van der Waals surface area contributed by atoms with E-state index >= 15 is 0 Å². The van der Waals surface area contributed by atoms with Crippen molar-refractivity contribution >= 4 is 5.91 Å². The lowest BCUT2D eigenvalue weighted by Gasteiger charge is -2.32. The fourth-order valence-electron chi connectivity index (χ4n) is 3.90.